The maximum Gasteiger partial charge on any atom is 0.0845 e. The van der Waals surface area contributed by atoms with Gasteiger partial charge in [0, 0.05) is 23.7 Å². The predicted molar refractivity (Wildman–Crippen MR) is 99.5 cm³/mol. The number of anilines is 1. The van der Waals surface area contributed by atoms with Gasteiger partial charge < -0.3 is 10.6 Å². The van der Waals surface area contributed by atoms with E-state index in [-0.39, 0.29) is 0 Å². The molecule has 0 unspecified atom stereocenters. The molecule has 2 aromatic rings. The number of rotatable bonds is 6. The molecule has 126 valence electrons. The van der Waals surface area contributed by atoms with Crippen molar-refractivity contribution < 1.29 is 0 Å². The maximum atomic E-state index is 4.40. The zero-order chi connectivity index (χ0) is 16.9. The van der Waals surface area contributed by atoms with Crippen molar-refractivity contribution in [2.45, 2.75) is 26.2 Å². The summed E-state index contributed by atoms with van der Waals surface area (Å²) in [5.41, 5.74) is 5.82. The molecule has 0 saturated carbocycles. The van der Waals surface area contributed by atoms with Gasteiger partial charge in [0.25, 0.3) is 0 Å². The minimum absolute atomic E-state index is 0.744. The second-order valence-electron chi connectivity index (χ2n) is 6.52. The summed E-state index contributed by atoms with van der Waals surface area (Å²) in [4.78, 5) is 4.40. The van der Waals surface area contributed by atoms with Crippen LogP contribution in [0, 0.1) is 5.92 Å². The van der Waals surface area contributed by atoms with Gasteiger partial charge in [-0.15, -0.1) is 0 Å². The summed E-state index contributed by atoms with van der Waals surface area (Å²) in [5.74, 6) is 0.744. The molecule has 0 aromatic carbocycles. The van der Waals surface area contributed by atoms with Gasteiger partial charge in [0.15, 0.2) is 0 Å². The normalized spacial score (nSPS) is 15.2. The Bertz CT molecular complexity index is 725. The number of piperidine rings is 1. The van der Waals surface area contributed by atoms with E-state index in [1.807, 2.05) is 19.3 Å². The average Bonchev–Trinajstić information content (AvgIpc) is 3.04. The van der Waals surface area contributed by atoms with Crippen LogP contribution in [0.5, 0.6) is 0 Å². The topological polar surface area (TPSA) is 65.6 Å². The van der Waals surface area contributed by atoms with Crippen LogP contribution in [0.1, 0.15) is 36.6 Å². The number of pyridine rings is 1. The van der Waals surface area contributed by atoms with Crippen molar-refractivity contribution in [1.29, 1.82) is 0 Å². The molecule has 0 amide bonds. The summed E-state index contributed by atoms with van der Waals surface area (Å²) >= 11 is 0. The quantitative estimate of drug-likeness (QED) is 0.761. The van der Waals surface area contributed by atoms with Crippen molar-refractivity contribution in [2.24, 2.45) is 5.92 Å². The van der Waals surface area contributed by atoms with Crippen molar-refractivity contribution in [3.63, 3.8) is 0 Å². The average molecular weight is 323 g/mol. The molecule has 3 N–H and O–H groups in total. The zero-order valence-electron chi connectivity index (χ0n) is 14.2. The van der Waals surface area contributed by atoms with Crippen molar-refractivity contribution in [1.82, 2.24) is 20.5 Å². The number of allylic oxidation sites excluding steroid dienone is 1. The van der Waals surface area contributed by atoms with Crippen LogP contribution in [0.3, 0.4) is 0 Å². The Morgan fingerprint density at radius 1 is 1.25 bits per heavy atom. The highest BCUT2D eigenvalue weighted by molar-refractivity contribution is 5.80. The molecule has 5 nitrogen and oxygen atoms in total. The van der Waals surface area contributed by atoms with Crippen LogP contribution in [-0.4, -0.2) is 28.3 Å². The number of hydrogen-bond acceptors (Lipinski definition) is 4. The minimum Gasteiger partial charge on any atom is -0.352 e. The van der Waals surface area contributed by atoms with Gasteiger partial charge in [-0.2, -0.15) is 5.10 Å². The smallest absolute Gasteiger partial charge is 0.0845 e. The van der Waals surface area contributed by atoms with Crippen LogP contribution in [-0.2, 0) is 6.42 Å². The Kier molecular flexibility index (Phi) is 5.11. The number of H-pyrrole nitrogens is 1. The first-order chi connectivity index (χ1) is 11.6. The number of hydrogen-bond donors (Lipinski definition) is 3. The highest BCUT2D eigenvalue weighted by atomic mass is 15.1. The summed E-state index contributed by atoms with van der Waals surface area (Å²) in [6.45, 7) is 12.3. The molecular weight excluding hydrogens is 298 g/mol. The van der Waals surface area contributed by atoms with Crippen LogP contribution in [0.2, 0.25) is 0 Å². The van der Waals surface area contributed by atoms with Gasteiger partial charge in [-0.05, 0) is 62.4 Å². The fraction of sp³-hybridized carbons (Fsp3) is 0.368. The molecule has 0 spiro atoms. The molecule has 2 aromatic heterocycles. The number of aromatic nitrogens is 3. The third-order valence-corrected chi connectivity index (χ3v) is 4.48. The summed E-state index contributed by atoms with van der Waals surface area (Å²) in [6, 6.07) is 2.19. The Balaban J connectivity index is 1.69. The summed E-state index contributed by atoms with van der Waals surface area (Å²) in [7, 11) is 0. The van der Waals surface area contributed by atoms with Crippen LogP contribution in [0.15, 0.2) is 37.8 Å². The van der Waals surface area contributed by atoms with E-state index in [0.29, 0.717) is 0 Å². The fourth-order valence-corrected chi connectivity index (χ4v) is 3.12. The van der Waals surface area contributed by atoms with Gasteiger partial charge in [-0.1, -0.05) is 13.2 Å². The summed E-state index contributed by atoms with van der Waals surface area (Å²) in [5, 5.41) is 13.8. The molecule has 0 radical (unpaired) electrons. The molecule has 5 heteroatoms. The molecule has 1 fully saturated rings. The van der Waals surface area contributed by atoms with Gasteiger partial charge in [0.05, 0.1) is 17.6 Å². The summed E-state index contributed by atoms with van der Waals surface area (Å²) in [6.07, 6.45) is 9.12. The lowest BCUT2D eigenvalue weighted by Gasteiger charge is -2.22. The Morgan fingerprint density at radius 2 is 2.04 bits per heavy atom. The largest absolute Gasteiger partial charge is 0.352 e. The van der Waals surface area contributed by atoms with Crippen LogP contribution in [0.25, 0.3) is 11.3 Å². The van der Waals surface area contributed by atoms with Crippen molar-refractivity contribution in [3.05, 3.63) is 54.6 Å². The first-order valence-corrected chi connectivity index (χ1v) is 8.43. The van der Waals surface area contributed by atoms with E-state index in [1.54, 1.807) is 6.20 Å². The van der Waals surface area contributed by atoms with Gasteiger partial charge >= 0.3 is 0 Å². The number of aromatic amines is 1. The third kappa shape index (κ3) is 3.92. The molecule has 1 saturated heterocycles. The van der Waals surface area contributed by atoms with E-state index >= 15 is 0 Å². The van der Waals surface area contributed by atoms with E-state index in [9.17, 15) is 0 Å². The van der Waals surface area contributed by atoms with E-state index < -0.39 is 0 Å². The highest BCUT2D eigenvalue weighted by Gasteiger charge is 2.14. The molecule has 0 atom stereocenters. The molecule has 0 bridgehead atoms. The first kappa shape index (κ1) is 16.5. The van der Waals surface area contributed by atoms with Crippen LogP contribution in [0.4, 0.5) is 5.69 Å². The fourth-order valence-electron chi connectivity index (χ4n) is 3.12. The minimum atomic E-state index is 0.744. The third-order valence-electron chi connectivity index (χ3n) is 4.48. The number of nitrogens with zero attached hydrogens (tertiary/aromatic N) is 2. The SMILES string of the molecule is C=C(Nc1cn[nH]c1C(=C)C)c1cncc(CC2CCNCC2)c1. The van der Waals surface area contributed by atoms with Gasteiger partial charge in [0.2, 0.25) is 0 Å². The zero-order valence-corrected chi connectivity index (χ0v) is 14.2. The Hall–Kier alpha value is -2.40. The second kappa shape index (κ2) is 7.45. The first-order valence-electron chi connectivity index (χ1n) is 8.43. The Morgan fingerprint density at radius 3 is 2.79 bits per heavy atom. The molecular formula is C19H25N5. The molecule has 0 aliphatic carbocycles. The lowest BCUT2D eigenvalue weighted by Crippen LogP contribution is -2.28. The van der Waals surface area contributed by atoms with Gasteiger partial charge in [0.1, 0.15) is 0 Å². The van der Waals surface area contributed by atoms with E-state index in [4.69, 9.17) is 0 Å². The van der Waals surface area contributed by atoms with Crippen molar-refractivity contribution in [3.8, 4) is 0 Å². The standard InChI is InChI=1S/C19H25N5/c1-13(2)19-18(12-22-24-19)23-14(3)17-9-16(10-21-11-17)8-15-4-6-20-7-5-15/h9-12,15,20,23H,1,3-8H2,2H3,(H,22,24). The monoisotopic (exact) mass is 323 g/mol. The Labute approximate surface area is 143 Å². The van der Waals surface area contributed by atoms with Gasteiger partial charge in [-0.3, -0.25) is 10.1 Å². The molecule has 3 rings (SSSR count). The number of nitrogens with one attached hydrogen (secondary N) is 3. The van der Waals surface area contributed by atoms with Crippen LogP contribution >= 0.6 is 0 Å². The molecule has 24 heavy (non-hydrogen) atoms. The van der Waals surface area contributed by atoms with Crippen molar-refractivity contribution in [2.75, 3.05) is 18.4 Å². The van der Waals surface area contributed by atoms with Crippen molar-refractivity contribution >= 4 is 17.0 Å². The van der Waals surface area contributed by atoms with Gasteiger partial charge in [-0.25, -0.2) is 0 Å². The van der Waals surface area contributed by atoms with E-state index in [2.05, 4.69) is 45.0 Å². The summed E-state index contributed by atoms with van der Waals surface area (Å²) < 4.78 is 0. The second-order valence-corrected chi connectivity index (χ2v) is 6.52. The van der Waals surface area contributed by atoms with E-state index in [1.165, 1.54) is 18.4 Å². The highest BCUT2D eigenvalue weighted by Crippen LogP contribution is 2.24. The van der Waals surface area contributed by atoms with Crippen LogP contribution < -0.4 is 10.6 Å². The molecule has 1 aliphatic heterocycles. The predicted octanol–water partition coefficient (Wildman–Crippen LogP) is 3.46. The lowest BCUT2D eigenvalue weighted by molar-refractivity contribution is 0.372. The molecule has 1 aliphatic rings. The lowest BCUT2D eigenvalue weighted by atomic mass is 9.91. The van der Waals surface area contributed by atoms with E-state index in [0.717, 1.165) is 53.6 Å². The maximum absolute atomic E-state index is 4.40. The molecule has 3 heterocycles.